The van der Waals surface area contributed by atoms with Gasteiger partial charge in [-0.05, 0) is 0 Å². The van der Waals surface area contributed by atoms with Gasteiger partial charge in [0, 0.05) is 6.42 Å². The Balaban J connectivity index is 2.28. The second-order valence-corrected chi connectivity index (χ2v) is 1.73. The third-order valence-corrected chi connectivity index (χ3v) is 1.05. The minimum Gasteiger partial charge on any atom is -0.390 e. The van der Waals surface area contributed by atoms with Gasteiger partial charge in [0.25, 0.3) is 0 Å². The molecule has 0 amide bonds. The van der Waals surface area contributed by atoms with Gasteiger partial charge in [0.05, 0.1) is 19.3 Å². The molecule has 2 unspecified atom stereocenters. The number of aliphatic hydroxyl groups excluding tert-OH is 2. The van der Waals surface area contributed by atoms with Crippen LogP contribution in [0.25, 0.3) is 0 Å². The third kappa shape index (κ3) is 1.18. The molecule has 3 nitrogen and oxygen atoms in total. The summed E-state index contributed by atoms with van der Waals surface area (Å²) in [5.74, 6) is 0. The maximum absolute atomic E-state index is 8.74. The van der Waals surface area contributed by atoms with Crippen molar-refractivity contribution in [2.75, 3.05) is 13.2 Å². The molecular weight excluding hydrogens is 108 g/mol. The molecular formula is C5H8O3. The van der Waals surface area contributed by atoms with Gasteiger partial charge >= 0.3 is 0 Å². The van der Waals surface area contributed by atoms with Crippen LogP contribution in [0.3, 0.4) is 0 Å². The Bertz CT molecular complexity index is 64.1. The van der Waals surface area contributed by atoms with Gasteiger partial charge in [-0.3, -0.25) is 0 Å². The monoisotopic (exact) mass is 116 g/mol. The van der Waals surface area contributed by atoms with Crippen molar-refractivity contribution >= 4 is 0 Å². The fourth-order valence-electron chi connectivity index (χ4n) is 0.551. The highest BCUT2D eigenvalue weighted by Gasteiger charge is 2.20. The lowest BCUT2D eigenvalue weighted by molar-refractivity contribution is -0.0559. The zero-order valence-corrected chi connectivity index (χ0v) is 4.37. The normalized spacial score (nSPS) is 39.8. The van der Waals surface area contributed by atoms with Gasteiger partial charge in [0.1, 0.15) is 6.10 Å². The van der Waals surface area contributed by atoms with Crippen LogP contribution < -0.4 is 0 Å². The second-order valence-electron chi connectivity index (χ2n) is 1.73. The van der Waals surface area contributed by atoms with Crippen LogP contribution in [0, 0.1) is 6.42 Å². The second kappa shape index (κ2) is 2.44. The van der Waals surface area contributed by atoms with Crippen molar-refractivity contribution in [3.8, 4) is 0 Å². The van der Waals surface area contributed by atoms with Gasteiger partial charge in [-0.2, -0.15) is 0 Å². The van der Waals surface area contributed by atoms with Crippen molar-refractivity contribution in [3.05, 3.63) is 6.42 Å². The van der Waals surface area contributed by atoms with E-state index >= 15 is 0 Å². The van der Waals surface area contributed by atoms with Crippen LogP contribution in [0.5, 0.6) is 0 Å². The predicted molar refractivity (Wildman–Crippen MR) is 26.1 cm³/mol. The molecule has 0 aromatic rings. The Labute approximate surface area is 47.9 Å². The van der Waals surface area contributed by atoms with Crippen molar-refractivity contribution in [3.63, 3.8) is 0 Å². The van der Waals surface area contributed by atoms with Crippen molar-refractivity contribution in [2.24, 2.45) is 0 Å². The van der Waals surface area contributed by atoms with E-state index in [4.69, 9.17) is 14.9 Å². The number of hydrogen-bond donors (Lipinski definition) is 2. The lowest BCUT2D eigenvalue weighted by Crippen LogP contribution is -2.36. The van der Waals surface area contributed by atoms with Crippen molar-refractivity contribution in [1.82, 2.24) is 0 Å². The van der Waals surface area contributed by atoms with E-state index in [0.29, 0.717) is 6.61 Å². The number of rotatable bonds is 0. The van der Waals surface area contributed by atoms with Gasteiger partial charge in [-0.25, -0.2) is 0 Å². The molecule has 0 aromatic heterocycles. The van der Waals surface area contributed by atoms with Crippen molar-refractivity contribution < 1.29 is 14.9 Å². The maximum atomic E-state index is 8.74. The lowest BCUT2D eigenvalue weighted by Gasteiger charge is -2.21. The predicted octanol–water partition coefficient (Wildman–Crippen LogP) is -1.18. The quantitative estimate of drug-likeness (QED) is 0.419. The smallest absolute Gasteiger partial charge is 0.104 e. The van der Waals surface area contributed by atoms with E-state index in [9.17, 15) is 0 Å². The summed E-state index contributed by atoms with van der Waals surface area (Å²) in [6.45, 7) is 0.534. The molecule has 1 aliphatic heterocycles. The zero-order chi connectivity index (χ0) is 5.98. The number of ether oxygens (including phenoxy) is 1. The van der Waals surface area contributed by atoms with Crippen LogP contribution in [-0.4, -0.2) is 35.6 Å². The average Bonchev–Trinajstić information content (AvgIpc) is 1.77. The van der Waals surface area contributed by atoms with E-state index in [1.165, 1.54) is 0 Å². The third-order valence-electron chi connectivity index (χ3n) is 1.05. The summed E-state index contributed by atoms with van der Waals surface area (Å²) in [5.41, 5.74) is 0. The summed E-state index contributed by atoms with van der Waals surface area (Å²) in [4.78, 5) is 0. The number of aliphatic hydroxyl groups is 2. The molecule has 0 bridgehead atoms. The summed E-state index contributed by atoms with van der Waals surface area (Å²) in [5, 5.41) is 17.5. The molecule has 1 saturated heterocycles. The van der Waals surface area contributed by atoms with Crippen LogP contribution >= 0.6 is 0 Å². The molecule has 0 saturated carbocycles. The molecule has 1 aliphatic rings. The Morgan fingerprint density at radius 3 is 2.62 bits per heavy atom. The molecule has 0 spiro atoms. The summed E-state index contributed by atoms with van der Waals surface area (Å²) >= 11 is 0. The minimum absolute atomic E-state index is 0.216. The minimum atomic E-state index is -0.816. The summed E-state index contributed by atoms with van der Waals surface area (Å²) < 4.78 is 4.73. The molecule has 1 rings (SSSR count). The van der Waals surface area contributed by atoms with E-state index in [2.05, 4.69) is 6.42 Å². The summed E-state index contributed by atoms with van der Waals surface area (Å²) in [6, 6.07) is 0. The first-order valence-corrected chi connectivity index (χ1v) is 2.48. The van der Waals surface area contributed by atoms with Crippen LogP contribution in [-0.2, 0) is 4.74 Å². The van der Waals surface area contributed by atoms with E-state index in [-0.39, 0.29) is 6.61 Å². The summed E-state index contributed by atoms with van der Waals surface area (Å²) in [7, 11) is 0. The van der Waals surface area contributed by atoms with Crippen LogP contribution in [0.4, 0.5) is 0 Å². The molecule has 0 aromatic carbocycles. The van der Waals surface area contributed by atoms with E-state index in [1.807, 2.05) is 0 Å². The number of hydrogen-bond acceptors (Lipinski definition) is 3. The summed E-state index contributed by atoms with van der Waals surface area (Å²) in [6.07, 6.45) is 0.925. The fraction of sp³-hybridized carbons (Fsp3) is 0.800. The molecule has 1 heterocycles. The van der Waals surface area contributed by atoms with E-state index in [0.717, 1.165) is 0 Å². The van der Waals surface area contributed by atoms with E-state index in [1.54, 1.807) is 0 Å². The molecule has 1 fully saturated rings. The van der Waals surface area contributed by atoms with Crippen molar-refractivity contribution in [2.45, 2.75) is 12.2 Å². The Kier molecular flexibility index (Phi) is 1.83. The van der Waals surface area contributed by atoms with Crippen LogP contribution in [0.15, 0.2) is 0 Å². The van der Waals surface area contributed by atoms with Crippen molar-refractivity contribution in [1.29, 1.82) is 0 Å². The molecule has 2 atom stereocenters. The highest BCUT2D eigenvalue weighted by molar-refractivity contribution is 4.85. The highest BCUT2D eigenvalue weighted by atomic mass is 16.5. The Morgan fingerprint density at radius 2 is 2.25 bits per heavy atom. The van der Waals surface area contributed by atoms with E-state index < -0.39 is 12.2 Å². The largest absolute Gasteiger partial charge is 0.390 e. The first-order valence-electron chi connectivity index (χ1n) is 2.48. The lowest BCUT2D eigenvalue weighted by atomic mass is 10.1. The Morgan fingerprint density at radius 1 is 1.50 bits per heavy atom. The fourth-order valence-corrected chi connectivity index (χ4v) is 0.551. The van der Waals surface area contributed by atoms with Gasteiger partial charge in [-0.1, -0.05) is 0 Å². The SMILES string of the molecule is OC1[C]COCC1O. The average molecular weight is 116 g/mol. The molecule has 2 radical (unpaired) electrons. The zero-order valence-electron chi connectivity index (χ0n) is 4.37. The standard InChI is InChI=1S/C5H8O3/c6-4-1-2-8-3-5(4)7/h4-7H,2-3H2. The first-order chi connectivity index (χ1) is 3.80. The molecule has 46 valence electrons. The maximum Gasteiger partial charge on any atom is 0.104 e. The highest BCUT2D eigenvalue weighted by Crippen LogP contribution is 2.04. The molecule has 2 N–H and O–H groups in total. The van der Waals surface area contributed by atoms with Gasteiger partial charge in [0.2, 0.25) is 0 Å². The van der Waals surface area contributed by atoms with Crippen LogP contribution in [0.2, 0.25) is 0 Å². The Hall–Kier alpha value is -0.120. The van der Waals surface area contributed by atoms with Gasteiger partial charge in [0.15, 0.2) is 0 Å². The first kappa shape index (κ1) is 6.01. The molecule has 3 heteroatoms. The topological polar surface area (TPSA) is 49.7 Å². The van der Waals surface area contributed by atoms with Gasteiger partial charge in [-0.15, -0.1) is 0 Å². The van der Waals surface area contributed by atoms with Gasteiger partial charge < -0.3 is 14.9 Å². The molecule has 0 aliphatic carbocycles. The van der Waals surface area contributed by atoms with Crippen LogP contribution in [0.1, 0.15) is 0 Å². The molecule has 8 heavy (non-hydrogen) atoms.